The van der Waals surface area contributed by atoms with E-state index in [1.165, 1.54) is 0 Å². The van der Waals surface area contributed by atoms with E-state index in [0.717, 1.165) is 43.3 Å². The molecule has 2 heterocycles. The van der Waals surface area contributed by atoms with Gasteiger partial charge in [-0.3, -0.25) is 9.69 Å². The molecule has 1 aromatic carbocycles. The number of methoxy groups -OCH3 is 1. The number of hydrogen-bond acceptors (Lipinski definition) is 6. The van der Waals surface area contributed by atoms with E-state index in [9.17, 15) is 9.90 Å². The number of carbonyl (C=O) groups excluding carboxylic acids is 1. The standard InChI is InChI=1S/C20H29N5O3/c1-13(2)20(27)21-14(3)19-23-22-18-7-8-24(9-10-25(18)19)12-15-5-6-16(28-4)11-17(15)26/h5-6,11,13-14,26H,7-10,12H2,1-4H3,(H,21,27). The van der Waals surface area contributed by atoms with Crippen LogP contribution in [0.2, 0.25) is 0 Å². The van der Waals surface area contributed by atoms with Crippen LogP contribution >= 0.6 is 0 Å². The summed E-state index contributed by atoms with van der Waals surface area (Å²) in [6.07, 6.45) is 0.773. The van der Waals surface area contributed by atoms with Crippen molar-refractivity contribution >= 4 is 5.91 Å². The highest BCUT2D eigenvalue weighted by Crippen LogP contribution is 2.25. The zero-order chi connectivity index (χ0) is 20.3. The number of benzene rings is 1. The predicted molar refractivity (Wildman–Crippen MR) is 105 cm³/mol. The molecule has 2 N–H and O–H groups in total. The summed E-state index contributed by atoms with van der Waals surface area (Å²) in [5.41, 5.74) is 0.872. The highest BCUT2D eigenvalue weighted by molar-refractivity contribution is 5.78. The minimum absolute atomic E-state index is 0.00933. The van der Waals surface area contributed by atoms with Crippen LogP contribution in [0.1, 0.15) is 44.0 Å². The molecule has 0 fully saturated rings. The fourth-order valence-corrected chi connectivity index (χ4v) is 3.36. The second-order valence-electron chi connectivity index (χ2n) is 7.53. The zero-order valence-electron chi connectivity index (χ0n) is 17.0. The topological polar surface area (TPSA) is 92.5 Å². The number of nitrogens with one attached hydrogen (secondary N) is 1. The largest absolute Gasteiger partial charge is 0.507 e. The second-order valence-corrected chi connectivity index (χ2v) is 7.53. The van der Waals surface area contributed by atoms with E-state index in [-0.39, 0.29) is 23.6 Å². The summed E-state index contributed by atoms with van der Waals surface area (Å²) in [5.74, 6) is 2.55. The Kier molecular flexibility index (Phi) is 6.18. The molecule has 1 atom stereocenters. The van der Waals surface area contributed by atoms with Crippen molar-refractivity contribution in [3.05, 3.63) is 35.4 Å². The maximum atomic E-state index is 12.0. The number of phenols is 1. The monoisotopic (exact) mass is 387 g/mol. The number of hydrogen-bond donors (Lipinski definition) is 2. The first-order chi connectivity index (χ1) is 13.4. The van der Waals surface area contributed by atoms with Gasteiger partial charge in [0.1, 0.15) is 17.3 Å². The molecule has 0 bridgehead atoms. The molecule has 1 amide bonds. The molecule has 1 aliphatic heterocycles. The molecular weight excluding hydrogens is 358 g/mol. The number of ether oxygens (including phenoxy) is 1. The van der Waals surface area contributed by atoms with Crippen LogP contribution in [0.5, 0.6) is 11.5 Å². The van der Waals surface area contributed by atoms with Gasteiger partial charge >= 0.3 is 0 Å². The Balaban J connectivity index is 1.67. The highest BCUT2D eigenvalue weighted by Gasteiger charge is 2.23. The third kappa shape index (κ3) is 4.44. The van der Waals surface area contributed by atoms with Crippen molar-refractivity contribution in [3.63, 3.8) is 0 Å². The highest BCUT2D eigenvalue weighted by atomic mass is 16.5. The van der Waals surface area contributed by atoms with Gasteiger partial charge in [-0.1, -0.05) is 19.9 Å². The van der Waals surface area contributed by atoms with Crippen molar-refractivity contribution in [3.8, 4) is 11.5 Å². The van der Waals surface area contributed by atoms with E-state index >= 15 is 0 Å². The van der Waals surface area contributed by atoms with Gasteiger partial charge in [-0.05, 0) is 13.0 Å². The number of aromatic hydroxyl groups is 1. The maximum absolute atomic E-state index is 12.0. The summed E-state index contributed by atoms with van der Waals surface area (Å²) >= 11 is 0. The molecule has 0 aliphatic carbocycles. The van der Waals surface area contributed by atoms with Crippen molar-refractivity contribution in [2.75, 3.05) is 20.2 Å². The van der Waals surface area contributed by atoms with Gasteiger partial charge in [0.05, 0.1) is 13.2 Å². The maximum Gasteiger partial charge on any atom is 0.223 e. The van der Waals surface area contributed by atoms with Crippen molar-refractivity contribution < 1.29 is 14.6 Å². The molecule has 152 valence electrons. The van der Waals surface area contributed by atoms with Crippen LogP contribution in [0.15, 0.2) is 18.2 Å². The molecule has 0 spiro atoms. The van der Waals surface area contributed by atoms with Crippen LogP contribution in [0.3, 0.4) is 0 Å². The SMILES string of the molecule is COc1ccc(CN2CCc3nnc(C(C)NC(=O)C(C)C)n3CC2)c(O)c1. The van der Waals surface area contributed by atoms with Gasteiger partial charge in [-0.2, -0.15) is 0 Å². The molecule has 1 unspecified atom stereocenters. The average Bonchev–Trinajstić information content (AvgIpc) is 2.97. The molecule has 0 radical (unpaired) electrons. The van der Waals surface area contributed by atoms with Gasteiger partial charge in [-0.25, -0.2) is 0 Å². The number of carbonyl (C=O) groups is 1. The quantitative estimate of drug-likeness (QED) is 0.786. The first-order valence-corrected chi connectivity index (χ1v) is 9.69. The third-order valence-corrected chi connectivity index (χ3v) is 5.10. The van der Waals surface area contributed by atoms with Crippen LogP contribution in [0, 0.1) is 5.92 Å². The Morgan fingerprint density at radius 3 is 2.71 bits per heavy atom. The van der Waals surface area contributed by atoms with E-state index in [0.29, 0.717) is 12.3 Å². The van der Waals surface area contributed by atoms with Crippen LogP contribution in [0.4, 0.5) is 0 Å². The van der Waals surface area contributed by atoms with Gasteiger partial charge in [0, 0.05) is 50.1 Å². The molecule has 8 nitrogen and oxygen atoms in total. The van der Waals surface area contributed by atoms with Crippen LogP contribution in [-0.2, 0) is 24.3 Å². The Morgan fingerprint density at radius 1 is 1.25 bits per heavy atom. The molecule has 1 aliphatic rings. The van der Waals surface area contributed by atoms with Crippen molar-refractivity contribution in [2.24, 2.45) is 5.92 Å². The normalized spacial score (nSPS) is 15.8. The summed E-state index contributed by atoms with van der Waals surface area (Å²) in [7, 11) is 1.58. The Labute approximate surface area is 165 Å². The van der Waals surface area contributed by atoms with Crippen LogP contribution in [-0.4, -0.2) is 50.9 Å². The molecule has 3 rings (SSSR count). The molecule has 2 aromatic rings. The Hall–Kier alpha value is -2.61. The van der Waals surface area contributed by atoms with Crippen LogP contribution in [0.25, 0.3) is 0 Å². The molecule has 8 heteroatoms. The summed E-state index contributed by atoms with van der Waals surface area (Å²) < 4.78 is 7.26. The third-order valence-electron chi connectivity index (χ3n) is 5.10. The smallest absolute Gasteiger partial charge is 0.223 e. The van der Waals surface area contributed by atoms with Crippen molar-refractivity contribution in [2.45, 2.75) is 46.3 Å². The molecule has 0 saturated carbocycles. The lowest BCUT2D eigenvalue weighted by molar-refractivity contribution is -0.124. The number of aromatic nitrogens is 3. The van der Waals surface area contributed by atoms with Crippen LogP contribution < -0.4 is 10.1 Å². The summed E-state index contributed by atoms with van der Waals surface area (Å²) in [4.78, 5) is 14.3. The number of fused-ring (bicyclic) bond motifs is 1. The fourth-order valence-electron chi connectivity index (χ4n) is 3.36. The molecular formula is C20H29N5O3. The van der Waals surface area contributed by atoms with E-state index < -0.39 is 0 Å². The Bertz CT molecular complexity index is 833. The number of rotatable bonds is 6. The van der Waals surface area contributed by atoms with E-state index in [2.05, 4.69) is 25.0 Å². The lowest BCUT2D eigenvalue weighted by atomic mass is 10.1. The number of amides is 1. The molecule has 28 heavy (non-hydrogen) atoms. The van der Waals surface area contributed by atoms with Crippen molar-refractivity contribution in [1.82, 2.24) is 25.0 Å². The first kappa shape index (κ1) is 20.1. The van der Waals surface area contributed by atoms with Gasteiger partial charge in [0.2, 0.25) is 5.91 Å². The predicted octanol–water partition coefficient (Wildman–Crippen LogP) is 1.88. The first-order valence-electron chi connectivity index (χ1n) is 9.69. The number of phenolic OH excluding ortho intramolecular Hbond substituents is 1. The minimum atomic E-state index is -0.187. The van der Waals surface area contributed by atoms with E-state index in [1.54, 1.807) is 13.2 Å². The van der Waals surface area contributed by atoms with Crippen molar-refractivity contribution in [1.29, 1.82) is 0 Å². The lowest BCUT2D eigenvalue weighted by Crippen LogP contribution is -2.32. The zero-order valence-corrected chi connectivity index (χ0v) is 17.0. The second kappa shape index (κ2) is 8.60. The van der Waals surface area contributed by atoms with Gasteiger partial charge in [0.25, 0.3) is 0 Å². The molecule has 0 saturated heterocycles. The molecule has 1 aromatic heterocycles. The van der Waals surface area contributed by atoms with Gasteiger partial charge in [-0.15, -0.1) is 10.2 Å². The summed E-state index contributed by atoms with van der Waals surface area (Å²) in [6.45, 7) is 8.73. The van der Waals surface area contributed by atoms with Gasteiger partial charge < -0.3 is 19.7 Å². The fraction of sp³-hybridized carbons (Fsp3) is 0.550. The number of nitrogens with zero attached hydrogens (tertiary/aromatic N) is 4. The van der Waals surface area contributed by atoms with Gasteiger partial charge in [0.15, 0.2) is 5.82 Å². The Morgan fingerprint density at radius 2 is 2.04 bits per heavy atom. The lowest BCUT2D eigenvalue weighted by Gasteiger charge is -2.21. The summed E-state index contributed by atoms with van der Waals surface area (Å²) in [6, 6.07) is 5.21. The average molecular weight is 387 g/mol. The minimum Gasteiger partial charge on any atom is -0.507 e. The summed E-state index contributed by atoms with van der Waals surface area (Å²) in [5, 5.41) is 21.9. The van der Waals surface area contributed by atoms with E-state index in [4.69, 9.17) is 4.74 Å². The van der Waals surface area contributed by atoms with E-state index in [1.807, 2.05) is 32.9 Å².